The molecule has 1 aliphatic rings. The van der Waals surface area contributed by atoms with Crippen LogP contribution in [0.1, 0.15) is 28.9 Å². The predicted octanol–water partition coefficient (Wildman–Crippen LogP) is 2.95. The number of hydrogen-bond acceptors (Lipinski definition) is 4. The molecule has 29 heavy (non-hydrogen) atoms. The largest absolute Gasteiger partial charge is 0.416 e. The molecular weight excluding hydrogens is 405 g/mol. The third kappa shape index (κ3) is 4.65. The zero-order valence-corrected chi connectivity index (χ0v) is 17.5. The van der Waals surface area contributed by atoms with Crippen LogP contribution in [0.2, 0.25) is 0 Å². The van der Waals surface area contributed by atoms with E-state index in [0.29, 0.717) is 50.5 Å². The van der Waals surface area contributed by atoms with Crippen LogP contribution in [0.25, 0.3) is 0 Å². The van der Waals surface area contributed by atoms with Gasteiger partial charge in [-0.25, -0.2) is 8.42 Å². The number of rotatable bonds is 4. The van der Waals surface area contributed by atoms with E-state index in [1.807, 2.05) is 0 Å². The van der Waals surface area contributed by atoms with Gasteiger partial charge >= 0.3 is 6.18 Å². The monoisotopic (exact) mass is 430 g/mol. The highest BCUT2D eigenvalue weighted by Crippen LogP contribution is 2.29. The lowest BCUT2D eigenvalue weighted by Crippen LogP contribution is -2.35. The van der Waals surface area contributed by atoms with Gasteiger partial charge in [0.05, 0.1) is 17.0 Å². The molecule has 160 valence electrons. The third-order valence-electron chi connectivity index (χ3n) is 5.28. The number of nitrogens with zero attached hydrogens (tertiary/aromatic N) is 4. The van der Waals surface area contributed by atoms with Crippen molar-refractivity contribution in [3.63, 3.8) is 0 Å². The Morgan fingerprint density at radius 3 is 2.24 bits per heavy atom. The van der Waals surface area contributed by atoms with E-state index in [1.54, 1.807) is 25.6 Å². The van der Waals surface area contributed by atoms with Crippen LogP contribution >= 0.6 is 0 Å². The van der Waals surface area contributed by atoms with Gasteiger partial charge in [-0.05, 0) is 44.5 Å². The SMILES string of the molecule is Cc1nn(C)c(C)c1S(=O)(=O)N1CCCN(Cc2ccc(C(F)(F)F)cc2)CC1. The molecule has 6 nitrogen and oxygen atoms in total. The second-order valence-electron chi connectivity index (χ2n) is 7.35. The van der Waals surface area contributed by atoms with Gasteiger partial charge in [-0.15, -0.1) is 0 Å². The van der Waals surface area contributed by atoms with Crippen LogP contribution in [0.4, 0.5) is 13.2 Å². The van der Waals surface area contributed by atoms with Gasteiger partial charge in [0.15, 0.2) is 0 Å². The summed E-state index contributed by atoms with van der Waals surface area (Å²) in [7, 11) is -1.93. The molecule has 10 heteroatoms. The molecule has 0 saturated carbocycles. The van der Waals surface area contributed by atoms with Crippen molar-refractivity contribution in [2.24, 2.45) is 7.05 Å². The average molecular weight is 430 g/mol. The van der Waals surface area contributed by atoms with Gasteiger partial charge in [-0.2, -0.15) is 22.6 Å². The summed E-state index contributed by atoms with van der Waals surface area (Å²) in [4.78, 5) is 2.33. The summed E-state index contributed by atoms with van der Waals surface area (Å²) >= 11 is 0. The van der Waals surface area contributed by atoms with Crippen LogP contribution < -0.4 is 0 Å². The molecule has 0 bridgehead atoms. The van der Waals surface area contributed by atoms with Gasteiger partial charge in [0.25, 0.3) is 0 Å². The quantitative estimate of drug-likeness (QED) is 0.749. The van der Waals surface area contributed by atoms with Gasteiger partial charge in [0.1, 0.15) is 4.90 Å². The van der Waals surface area contributed by atoms with E-state index in [4.69, 9.17) is 0 Å². The molecule has 0 radical (unpaired) electrons. The van der Waals surface area contributed by atoms with Gasteiger partial charge in [-0.3, -0.25) is 9.58 Å². The van der Waals surface area contributed by atoms with Crippen molar-refractivity contribution in [1.82, 2.24) is 19.0 Å². The molecule has 1 aliphatic heterocycles. The number of benzene rings is 1. The van der Waals surface area contributed by atoms with Crippen molar-refractivity contribution in [1.29, 1.82) is 0 Å². The minimum absolute atomic E-state index is 0.260. The number of halogens is 3. The van der Waals surface area contributed by atoms with Crippen molar-refractivity contribution in [2.75, 3.05) is 26.2 Å². The highest BCUT2D eigenvalue weighted by molar-refractivity contribution is 7.89. The summed E-state index contributed by atoms with van der Waals surface area (Å²) in [6.45, 7) is 5.83. The van der Waals surface area contributed by atoms with Gasteiger partial charge < -0.3 is 0 Å². The Hall–Kier alpha value is -1.91. The van der Waals surface area contributed by atoms with Crippen LogP contribution in [-0.2, 0) is 29.8 Å². The minimum Gasteiger partial charge on any atom is -0.298 e. The molecular formula is C19H25F3N4O2S. The Labute approximate surface area is 169 Å². The third-order valence-corrected chi connectivity index (χ3v) is 7.43. The maximum absolute atomic E-state index is 13.1. The molecule has 3 rings (SSSR count). The van der Waals surface area contributed by atoms with Crippen molar-refractivity contribution >= 4 is 10.0 Å². The number of aromatic nitrogens is 2. The molecule has 1 saturated heterocycles. The van der Waals surface area contributed by atoms with Gasteiger partial charge in [-0.1, -0.05) is 12.1 Å². The number of sulfonamides is 1. The van der Waals surface area contributed by atoms with Crippen molar-refractivity contribution in [2.45, 2.75) is 37.9 Å². The number of aryl methyl sites for hydroxylation is 2. The Morgan fingerprint density at radius 1 is 1.03 bits per heavy atom. The molecule has 2 aromatic rings. The second kappa shape index (κ2) is 8.08. The van der Waals surface area contributed by atoms with Crippen molar-refractivity contribution < 1.29 is 21.6 Å². The normalized spacial score (nSPS) is 17.4. The highest BCUT2D eigenvalue weighted by atomic mass is 32.2. The average Bonchev–Trinajstić information content (AvgIpc) is 2.79. The van der Waals surface area contributed by atoms with Crippen LogP contribution in [0, 0.1) is 13.8 Å². The standard InChI is InChI=1S/C19H25F3N4O2S/c1-14-18(15(2)24(3)23-14)29(27,28)26-10-4-9-25(11-12-26)13-16-5-7-17(8-6-16)19(20,21)22/h5-8H,4,9-13H2,1-3H3. The van der Waals surface area contributed by atoms with E-state index in [0.717, 1.165) is 17.7 Å². The summed E-state index contributed by atoms with van der Waals surface area (Å²) in [5.74, 6) is 0. The molecule has 0 unspecified atom stereocenters. The molecule has 1 fully saturated rings. The maximum atomic E-state index is 13.1. The Morgan fingerprint density at radius 2 is 1.69 bits per heavy atom. The fourth-order valence-corrected chi connectivity index (χ4v) is 5.53. The van der Waals surface area contributed by atoms with Crippen LogP contribution in [0.15, 0.2) is 29.2 Å². The van der Waals surface area contributed by atoms with E-state index in [9.17, 15) is 21.6 Å². The van der Waals surface area contributed by atoms with Crippen LogP contribution in [-0.4, -0.2) is 53.6 Å². The van der Waals surface area contributed by atoms with Crippen molar-refractivity contribution in [3.05, 3.63) is 46.8 Å². The summed E-state index contributed by atoms with van der Waals surface area (Å²) < 4.78 is 67.4. The minimum atomic E-state index is -4.35. The Bertz CT molecular complexity index is 969. The zero-order chi connectivity index (χ0) is 21.4. The summed E-state index contributed by atoms with van der Waals surface area (Å²) in [6, 6.07) is 5.12. The van der Waals surface area contributed by atoms with E-state index >= 15 is 0 Å². The number of alkyl halides is 3. The molecule has 0 N–H and O–H groups in total. The molecule has 0 atom stereocenters. The molecule has 0 amide bonds. The summed E-state index contributed by atoms with van der Waals surface area (Å²) in [5.41, 5.74) is 1.19. The lowest BCUT2D eigenvalue weighted by molar-refractivity contribution is -0.137. The van der Waals surface area contributed by atoms with E-state index in [1.165, 1.54) is 16.4 Å². The topological polar surface area (TPSA) is 58.4 Å². The lowest BCUT2D eigenvalue weighted by Gasteiger charge is -2.22. The summed E-state index contributed by atoms with van der Waals surface area (Å²) in [6.07, 6.45) is -3.70. The second-order valence-corrected chi connectivity index (χ2v) is 9.23. The van der Waals surface area contributed by atoms with E-state index in [-0.39, 0.29) is 4.90 Å². The van der Waals surface area contributed by atoms with Gasteiger partial charge in [0, 0.05) is 33.2 Å². The van der Waals surface area contributed by atoms with Gasteiger partial charge in [0.2, 0.25) is 10.0 Å². The van der Waals surface area contributed by atoms with Crippen LogP contribution in [0.3, 0.4) is 0 Å². The predicted molar refractivity (Wildman–Crippen MR) is 103 cm³/mol. The first-order chi connectivity index (χ1) is 13.5. The first-order valence-electron chi connectivity index (χ1n) is 9.39. The molecule has 0 spiro atoms. The van der Waals surface area contributed by atoms with E-state index in [2.05, 4.69) is 10.00 Å². The maximum Gasteiger partial charge on any atom is 0.416 e. The first kappa shape index (κ1) is 21.8. The lowest BCUT2D eigenvalue weighted by atomic mass is 10.1. The first-order valence-corrected chi connectivity index (χ1v) is 10.8. The molecule has 2 heterocycles. The summed E-state index contributed by atoms with van der Waals surface area (Å²) in [5, 5.41) is 4.21. The molecule has 1 aromatic heterocycles. The fourth-order valence-electron chi connectivity index (χ4n) is 3.66. The highest BCUT2D eigenvalue weighted by Gasteiger charge is 2.32. The zero-order valence-electron chi connectivity index (χ0n) is 16.7. The fraction of sp³-hybridized carbons (Fsp3) is 0.526. The molecule has 1 aromatic carbocycles. The number of hydrogen-bond donors (Lipinski definition) is 0. The Balaban J connectivity index is 1.69. The van der Waals surface area contributed by atoms with E-state index < -0.39 is 21.8 Å². The van der Waals surface area contributed by atoms with Crippen LogP contribution in [0.5, 0.6) is 0 Å². The Kier molecular flexibility index (Phi) is 6.07. The molecule has 0 aliphatic carbocycles. The van der Waals surface area contributed by atoms with Crippen molar-refractivity contribution in [3.8, 4) is 0 Å². The smallest absolute Gasteiger partial charge is 0.298 e.